The van der Waals surface area contributed by atoms with Crippen LogP contribution in [0.2, 0.25) is 5.02 Å². The highest BCUT2D eigenvalue weighted by Gasteiger charge is 2.17. The van der Waals surface area contributed by atoms with E-state index < -0.39 is 28.4 Å². The van der Waals surface area contributed by atoms with E-state index in [9.17, 15) is 13.2 Å². The molecule has 2 nitrogen and oxygen atoms in total. The van der Waals surface area contributed by atoms with Crippen molar-refractivity contribution in [2.45, 2.75) is 0 Å². The van der Waals surface area contributed by atoms with Gasteiger partial charge in [0.15, 0.2) is 0 Å². The highest BCUT2D eigenvalue weighted by atomic mass is 35.5. The Hall–Kier alpha value is -0.970. The summed E-state index contributed by atoms with van der Waals surface area (Å²) in [5.41, 5.74) is -0.429. The van der Waals surface area contributed by atoms with E-state index >= 15 is 0 Å². The summed E-state index contributed by atoms with van der Waals surface area (Å²) in [7, 11) is 1.29. The third kappa shape index (κ3) is 1.32. The Bertz CT molecular complexity index is 290. The zero-order chi connectivity index (χ0) is 9.30. The van der Waals surface area contributed by atoms with Crippen LogP contribution in [0.3, 0.4) is 0 Å². The van der Waals surface area contributed by atoms with Crippen molar-refractivity contribution in [3.05, 3.63) is 22.7 Å². The van der Waals surface area contributed by atoms with Crippen molar-refractivity contribution in [1.82, 2.24) is 4.98 Å². The summed E-state index contributed by atoms with van der Waals surface area (Å²) in [6, 6.07) is 0. The lowest BCUT2D eigenvalue weighted by atomic mass is 10.4. The first-order chi connectivity index (χ1) is 5.57. The second-order valence-electron chi connectivity index (χ2n) is 1.95. The molecular formula is C6H4ClF3N2. The van der Waals surface area contributed by atoms with E-state index in [4.69, 9.17) is 11.6 Å². The average molecular weight is 197 g/mol. The molecular weight excluding hydrogens is 193 g/mol. The molecule has 1 heterocycles. The molecule has 0 fully saturated rings. The number of aromatic nitrogens is 1. The normalized spacial score (nSPS) is 10.1. The predicted octanol–water partition coefficient (Wildman–Crippen LogP) is 2.19. The average Bonchev–Trinajstić information content (AvgIpc) is 2.02. The smallest absolute Gasteiger partial charge is 0.253 e. The summed E-state index contributed by atoms with van der Waals surface area (Å²) in [6.07, 6.45) is 0. The number of anilines is 1. The Morgan fingerprint density at radius 2 is 1.83 bits per heavy atom. The lowest BCUT2D eigenvalue weighted by Gasteiger charge is -2.04. The van der Waals surface area contributed by atoms with Crippen LogP contribution >= 0.6 is 11.6 Å². The van der Waals surface area contributed by atoms with Gasteiger partial charge >= 0.3 is 0 Å². The molecule has 1 aromatic heterocycles. The molecule has 0 spiro atoms. The third-order valence-corrected chi connectivity index (χ3v) is 1.59. The van der Waals surface area contributed by atoms with Gasteiger partial charge in [-0.15, -0.1) is 0 Å². The molecule has 12 heavy (non-hydrogen) atoms. The number of nitrogens with zero attached hydrogens (tertiary/aromatic N) is 1. The molecule has 1 aromatic rings. The van der Waals surface area contributed by atoms with E-state index in [0.717, 1.165) is 0 Å². The van der Waals surface area contributed by atoms with Crippen molar-refractivity contribution in [2.75, 3.05) is 12.4 Å². The number of rotatable bonds is 1. The van der Waals surface area contributed by atoms with Gasteiger partial charge in [0.05, 0.1) is 5.69 Å². The fourth-order valence-electron chi connectivity index (χ4n) is 0.706. The van der Waals surface area contributed by atoms with Crippen LogP contribution in [-0.2, 0) is 0 Å². The topological polar surface area (TPSA) is 24.9 Å². The van der Waals surface area contributed by atoms with Crippen LogP contribution in [-0.4, -0.2) is 12.0 Å². The molecule has 0 aliphatic carbocycles. The van der Waals surface area contributed by atoms with Crippen LogP contribution in [0.15, 0.2) is 0 Å². The molecule has 0 aromatic carbocycles. The third-order valence-electron chi connectivity index (χ3n) is 1.25. The lowest BCUT2D eigenvalue weighted by Crippen LogP contribution is -2.02. The summed E-state index contributed by atoms with van der Waals surface area (Å²) in [6.45, 7) is 0. The minimum atomic E-state index is -1.51. The molecule has 1 N–H and O–H groups in total. The standard InChI is InChI=1S/C6H4ClF3N2/c1-11-4-2(7)5(9)12-6(10)3(4)8/h1H3,(H,11,12). The van der Waals surface area contributed by atoms with Gasteiger partial charge in [0, 0.05) is 7.05 Å². The van der Waals surface area contributed by atoms with Gasteiger partial charge in [0.2, 0.25) is 11.8 Å². The molecule has 0 amide bonds. The van der Waals surface area contributed by atoms with E-state index in [0.29, 0.717) is 0 Å². The van der Waals surface area contributed by atoms with Crippen molar-refractivity contribution < 1.29 is 13.2 Å². The summed E-state index contributed by atoms with van der Waals surface area (Å²) >= 11 is 5.26. The molecule has 0 atom stereocenters. The molecule has 0 aliphatic rings. The number of hydrogen-bond donors (Lipinski definition) is 1. The number of halogens is 4. The first-order valence-corrected chi connectivity index (χ1v) is 3.33. The zero-order valence-electron chi connectivity index (χ0n) is 5.96. The Morgan fingerprint density at radius 3 is 2.33 bits per heavy atom. The number of hydrogen-bond acceptors (Lipinski definition) is 2. The quantitative estimate of drug-likeness (QED) is 0.697. The Labute approximate surface area is 71.4 Å². The van der Waals surface area contributed by atoms with Crippen molar-refractivity contribution in [3.8, 4) is 0 Å². The van der Waals surface area contributed by atoms with Gasteiger partial charge in [-0.3, -0.25) is 0 Å². The van der Waals surface area contributed by atoms with Crippen molar-refractivity contribution in [1.29, 1.82) is 0 Å². The van der Waals surface area contributed by atoms with Crippen LogP contribution < -0.4 is 5.32 Å². The summed E-state index contributed by atoms with van der Waals surface area (Å²) in [5.74, 6) is -4.04. The summed E-state index contributed by atoms with van der Waals surface area (Å²) < 4.78 is 37.6. The van der Waals surface area contributed by atoms with Crippen LogP contribution in [0.4, 0.5) is 18.9 Å². The molecule has 1 rings (SSSR count). The van der Waals surface area contributed by atoms with Gasteiger partial charge in [-0.2, -0.15) is 18.2 Å². The molecule has 66 valence electrons. The van der Waals surface area contributed by atoms with Crippen molar-refractivity contribution in [2.24, 2.45) is 0 Å². The van der Waals surface area contributed by atoms with Crippen LogP contribution in [0.1, 0.15) is 0 Å². The van der Waals surface area contributed by atoms with Crippen LogP contribution in [0, 0.1) is 17.7 Å². The van der Waals surface area contributed by atoms with Crippen LogP contribution in [0.25, 0.3) is 0 Å². The second-order valence-corrected chi connectivity index (χ2v) is 2.32. The molecule has 0 unspecified atom stereocenters. The SMILES string of the molecule is CNc1c(F)c(F)nc(F)c1Cl. The predicted molar refractivity (Wildman–Crippen MR) is 38.7 cm³/mol. The maximum absolute atomic E-state index is 12.7. The van der Waals surface area contributed by atoms with E-state index in [1.54, 1.807) is 0 Å². The highest BCUT2D eigenvalue weighted by molar-refractivity contribution is 6.33. The number of nitrogens with one attached hydrogen (secondary N) is 1. The van der Waals surface area contributed by atoms with Gasteiger partial charge in [0.1, 0.15) is 5.02 Å². The molecule has 0 aliphatic heterocycles. The van der Waals surface area contributed by atoms with E-state index in [1.807, 2.05) is 0 Å². The largest absolute Gasteiger partial charge is 0.384 e. The van der Waals surface area contributed by atoms with Gasteiger partial charge in [0.25, 0.3) is 5.95 Å². The number of pyridine rings is 1. The van der Waals surface area contributed by atoms with Crippen molar-refractivity contribution in [3.63, 3.8) is 0 Å². The van der Waals surface area contributed by atoms with Gasteiger partial charge in [-0.05, 0) is 0 Å². The minimum absolute atomic E-state index is 0.429. The Morgan fingerprint density at radius 1 is 1.25 bits per heavy atom. The van der Waals surface area contributed by atoms with Gasteiger partial charge in [-0.1, -0.05) is 11.6 Å². The Kier molecular flexibility index (Phi) is 2.42. The fourth-order valence-corrected chi connectivity index (χ4v) is 0.926. The minimum Gasteiger partial charge on any atom is -0.384 e. The van der Waals surface area contributed by atoms with Gasteiger partial charge in [-0.25, -0.2) is 0 Å². The van der Waals surface area contributed by atoms with E-state index in [2.05, 4.69) is 10.3 Å². The van der Waals surface area contributed by atoms with Crippen molar-refractivity contribution >= 4 is 17.3 Å². The van der Waals surface area contributed by atoms with E-state index in [1.165, 1.54) is 7.05 Å². The monoisotopic (exact) mass is 196 g/mol. The summed E-state index contributed by atoms with van der Waals surface area (Å²) in [5, 5.41) is 1.66. The fraction of sp³-hybridized carbons (Fsp3) is 0.167. The molecule has 0 saturated carbocycles. The second kappa shape index (κ2) is 3.18. The maximum Gasteiger partial charge on any atom is 0.253 e. The van der Waals surface area contributed by atoms with Crippen LogP contribution in [0.5, 0.6) is 0 Å². The molecule has 0 saturated heterocycles. The Balaban J connectivity index is 3.42. The molecule has 0 radical (unpaired) electrons. The maximum atomic E-state index is 12.7. The highest BCUT2D eigenvalue weighted by Crippen LogP contribution is 2.27. The molecule has 6 heteroatoms. The first-order valence-electron chi connectivity index (χ1n) is 2.95. The zero-order valence-corrected chi connectivity index (χ0v) is 6.72. The van der Waals surface area contributed by atoms with E-state index in [-0.39, 0.29) is 0 Å². The first kappa shape index (κ1) is 9.12. The van der Waals surface area contributed by atoms with Gasteiger partial charge < -0.3 is 5.32 Å². The molecule has 0 bridgehead atoms. The lowest BCUT2D eigenvalue weighted by molar-refractivity contribution is 0.450. The summed E-state index contributed by atoms with van der Waals surface area (Å²) in [4.78, 5) is 2.60.